The van der Waals surface area contributed by atoms with E-state index in [1.807, 2.05) is 66.9 Å². The number of aromatic amines is 1. The molecule has 4 rings (SSSR count). The van der Waals surface area contributed by atoms with Crippen molar-refractivity contribution < 1.29 is 9.53 Å². The second kappa shape index (κ2) is 7.52. The minimum absolute atomic E-state index is 0.0696. The molecule has 0 saturated heterocycles. The molecule has 0 saturated carbocycles. The van der Waals surface area contributed by atoms with Crippen LogP contribution in [-0.4, -0.2) is 37.9 Å². The first-order valence-corrected chi connectivity index (χ1v) is 9.79. The first kappa shape index (κ1) is 18.3. The third-order valence-electron chi connectivity index (χ3n) is 4.64. The number of para-hydroxylation sites is 1. The number of rotatable bonds is 6. The van der Waals surface area contributed by atoms with Crippen molar-refractivity contribution in [2.45, 2.75) is 24.3 Å². The number of hydrogen-bond acceptors (Lipinski definition) is 5. The fourth-order valence-electron chi connectivity index (χ4n) is 3.25. The topological polar surface area (TPSA) is 72.8 Å². The van der Waals surface area contributed by atoms with Crippen LogP contribution in [0.3, 0.4) is 0 Å². The zero-order valence-electron chi connectivity index (χ0n) is 15.8. The number of fused-ring (bicyclic) bond motifs is 1. The molecule has 0 fully saturated rings. The quantitative estimate of drug-likeness (QED) is 0.388. The highest BCUT2D eigenvalue weighted by molar-refractivity contribution is 8.00. The summed E-state index contributed by atoms with van der Waals surface area (Å²) in [6.07, 6.45) is 1.64. The molecule has 0 bridgehead atoms. The Hall–Kier alpha value is -3.06. The van der Waals surface area contributed by atoms with Crippen molar-refractivity contribution in [1.82, 2.24) is 19.7 Å². The number of carbonyl (C=O) groups is 1. The lowest BCUT2D eigenvalue weighted by atomic mass is 10.1. The van der Waals surface area contributed by atoms with Gasteiger partial charge < -0.3 is 9.72 Å². The van der Waals surface area contributed by atoms with Crippen LogP contribution in [0.15, 0.2) is 60.0 Å². The second-order valence-corrected chi connectivity index (χ2v) is 7.79. The summed E-state index contributed by atoms with van der Waals surface area (Å²) in [4.78, 5) is 16.5. The van der Waals surface area contributed by atoms with Crippen LogP contribution in [-0.2, 0) is 0 Å². The molecular weight excluding hydrogens is 372 g/mol. The number of benzene rings is 2. The third kappa shape index (κ3) is 3.29. The molecule has 4 aromatic rings. The van der Waals surface area contributed by atoms with Gasteiger partial charge in [0, 0.05) is 28.2 Å². The van der Waals surface area contributed by atoms with Crippen molar-refractivity contribution in [3.8, 4) is 11.4 Å². The van der Waals surface area contributed by atoms with Crippen molar-refractivity contribution in [2.75, 3.05) is 7.11 Å². The summed E-state index contributed by atoms with van der Waals surface area (Å²) in [5.74, 6) is 0.820. The molecule has 0 radical (unpaired) electrons. The predicted molar refractivity (Wildman–Crippen MR) is 111 cm³/mol. The molecule has 0 amide bonds. The molecule has 0 aliphatic heterocycles. The van der Waals surface area contributed by atoms with E-state index in [-0.39, 0.29) is 11.0 Å². The van der Waals surface area contributed by atoms with E-state index in [9.17, 15) is 4.79 Å². The summed E-state index contributed by atoms with van der Waals surface area (Å²) in [6.45, 7) is 3.84. The normalized spacial score (nSPS) is 12.2. The number of hydrogen-bond donors (Lipinski definition) is 1. The predicted octanol–water partition coefficient (Wildman–Crippen LogP) is 4.43. The number of Topliss-reactive ketones (excluding diaryl/α,β-unsaturated/α-hetero) is 1. The SMILES string of the molecule is COc1cccc(-n2cnnc2S[C@H](C)C(=O)c2c(C)[nH]c3ccccc23)c1. The van der Waals surface area contributed by atoms with Crippen molar-refractivity contribution in [2.24, 2.45) is 0 Å². The van der Waals surface area contributed by atoms with Crippen molar-refractivity contribution in [3.63, 3.8) is 0 Å². The fourth-order valence-corrected chi connectivity index (χ4v) is 4.15. The lowest BCUT2D eigenvalue weighted by molar-refractivity contribution is 0.0995. The number of methoxy groups -OCH3 is 1. The van der Waals surface area contributed by atoms with Crippen molar-refractivity contribution >= 4 is 28.4 Å². The highest BCUT2D eigenvalue weighted by atomic mass is 32.2. The van der Waals surface area contributed by atoms with Gasteiger partial charge in [-0.1, -0.05) is 36.0 Å². The van der Waals surface area contributed by atoms with Crippen molar-refractivity contribution in [1.29, 1.82) is 0 Å². The van der Waals surface area contributed by atoms with Crippen LogP contribution in [0.2, 0.25) is 0 Å². The largest absolute Gasteiger partial charge is 0.497 e. The maximum Gasteiger partial charge on any atom is 0.196 e. The number of aromatic nitrogens is 4. The van der Waals surface area contributed by atoms with Gasteiger partial charge in [0.1, 0.15) is 12.1 Å². The van der Waals surface area contributed by atoms with Crippen LogP contribution in [0.25, 0.3) is 16.6 Å². The Labute approximate surface area is 166 Å². The van der Waals surface area contributed by atoms with E-state index >= 15 is 0 Å². The maximum absolute atomic E-state index is 13.2. The highest BCUT2D eigenvalue weighted by Crippen LogP contribution is 2.30. The molecule has 0 unspecified atom stereocenters. The molecule has 0 aliphatic carbocycles. The van der Waals surface area contributed by atoms with E-state index < -0.39 is 0 Å². The van der Waals surface area contributed by atoms with Crippen LogP contribution in [0.5, 0.6) is 5.75 Å². The summed E-state index contributed by atoms with van der Waals surface area (Å²) in [7, 11) is 1.63. The number of ketones is 1. The zero-order chi connectivity index (χ0) is 19.7. The van der Waals surface area contributed by atoms with Gasteiger partial charge in [0.05, 0.1) is 18.0 Å². The standard InChI is InChI=1S/C21H20N4O2S/c1-13-19(17-9-4-5-10-18(17)23-13)20(26)14(2)28-21-24-22-12-25(21)15-7-6-8-16(11-15)27-3/h4-12,14,23H,1-3H3/t14-/m1/s1. The smallest absolute Gasteiger partial charge is 0.196 e. The van der Waals surface area contributed by atoms with Gasteiger partial charge in [-0.2, -0.15) is 0 Å². The fraction of sp³-hybridized carbons (Fsp3) is 0.190. The average Bonchev–Trinajstić information content (AvgIpc) is 3.30. The Bertz CT molecular complexity index is 1150. The molecule has 2 aromatic heterocycles. The van der Waals surface area contributed by atoms with E-state index in [4.69, 9.17) is 4.74 Å². The monoisotopic (exact) mass is 392 g/mol. The summed E-state index contributed by atoms with van der Waals surface area (Å²) in [5, 5.41) is 9.54. The first-order valence-electron chi connectivity index (χ1n) is 8.91. The number of nitrogens with one attached hydrogen (secondary N) is 1. The van der Waals surface area contributed by atoms with E-state index in [1.54, 1.807) is 13.4 Å². The third-order valence-corrected chi connectivity index (χ3v) is 5.70. The maximum atomic E-state index is 13.2. The van der Waals surface area contributed by atoms with Gasteiger partial charge in [0.2, 0.25) is 0 Å². The summed E-state index contributed by atoms with van der Waals surface area (Å²) >= 11 is 1.39. The molecule has 0 spiro atoms. The Morgan fingerprint density at radius 3 is 2.86 bits per heavy atom. The van der Waals surface area contributed by atoms with Crippen LogP contribution < -0.4 is 4.74 Å². The van der Waals surface area contributed by atoms with Gasteiger partial charge in [-0.3, -0.25) is 9.36 Å². The summed E-state index contributed by atoms with van der Waals surface area (Å²) < 4.78 is 7.16. The zero-order valence-corrected chi connectivity index (χ0v) is 16.7. The molecule has 7 heteroatoms. The number of carbonyl (C=O) groups excluding carboxylic acids is 1. The molecule has 0 aliphatic rings. The average molecular weight is 392 g/mol. The molecule has 2 aromatic carbocycles. The Kier molecular flexibility index (Phi) is 4.92. The second-order valence-electron chi connectivity index (χ2n) is 6.48. The Morgan fingerprint density at radius 2 is 2.04 bits per heavy atom. The van der Waals surface area contributed by atoms with Gasteiger partial charge in [0.25, 0.3) is 0 Å². The van der Waals surface area contributed by atoms with E-state index in [1.165, 1.54) is 11.8 Å². The van der Waals surface area contributed by atoms with Gasteiger partial charge in [-0.25, -0.2) is 0 Å². The molecule has 28 heavy (non-hydrogen) atoms. The molecular formula is C21H20N4O2S. The van der Waals surface area contributed by atoms with Crippen LogP contribution in [0.4, 0.5) is 0 Å². The first-order chi connectivity index (χ1) is 13.6. The van der Waals surface area contributed by atoms with Gasteiger partial charge in [-0.15, -0.1) is 10.2 Å². The molecule has 2 heterocycles. The number of ether oxygens (including phenoxy) is 1. The van der Waals surface area contributed by atoms with Gasteiger partial charge >= 0.3 is 0 Å². The number of nitrogens with zero attached hydrogens (tertiary/aromatic N) is 3. The minimum atomic E-state index is -0.313. The Morgan fingerprint density at radius 1 is 1.21 bits per heavy atom. The Balaban J connectivity index is 1.62. The lowest BCUT2D eigenvalue weighted by Gasteiger charge is -2.12. The lowest BCUT2D eigenvalue weighted by Crippen LogP contribution is -2.15. The van der Waals surface area contributed by atoms with Crippen LogP contribution >= 0.6 is 11.8 Å². The van der Waals surface area contributed by atoms with Gasteiger partial charge in [-0.05, 0) is 32.0 Å². The van der Waals surface area contributed by atoms with E-state index in [0.29, 0.717) is 5.16 Å². The molecule has 1 N–H and O–H groups in total. The van der Waals surface area contributed by atoms with Crippen LogP contribution in [0.1, 0.15) is 23.0 Å². The molecule has 6 nitrogen and oxygen atoms in total. The van der Waals surface area contributed by atoms with Gasteiger partial charge in [0.15, 0.2) is 10.9 Å². The molecule has 1 atom stereocenters. The van der Waals surface area contributed by atoms with E-state index in [2.05, 4.69) is 15.2 Å². The highest BCUT2D eigenvalue weighted by Gasteiger charge is 2.24. The summed E-state index contributed by atoms with van der Waals surface area (Å²) in [6, 6.07) is 15.5. The minimum Gasteiger partial charge on any atom is -0.497 e. The molecule has 142 valence electrons. The number of thioether (sulfide) groups is 1. The summed E-state index contributed by atoms with van der Waals surface area (Å²) in [5.41, 5.74) is 3.48. The van der Waals surface area contributed by atoms with E-state index in [0.717, 1.165) is 33.6 Å². The number of aryl methyl sites for hydroxylation is 1. The van der Waals surface area contributed by atoms with Crippen molar-refractivity contribution in [3.05, 3.63) is 66.1 Å². The number of H-pyrrole nitrogens is 1. The van der Waals surface area contributed by atoms with Crippen LogP contribution in [0, 0.1) is 6.92 Å².